The Balaban J connectivity index is 3.75. The van der Waals surface area contributed by atoms with Crippen molar-refractivity contribution in [2.24, 2.45) is 0 Å². The number of hydrogen-bond donors (Lipinski definition) is 2. The second kappa shape index (κ2) is 32.5. The van der Waals surface area contributed by atoms with Crippen molar-refractivity contribution in [2.45, 2.75) is 213 Å². The smallest absolute Gasteiger partial charge is 0.242 e. The van der Waals surface area contributed by atoms with Crippen LogP contribution in [0.3, 0.4) is 0 Å². The van der Waals surface area contributed by atoms with Crippen LogP contribution in [-0.4, -0.2) is 24.4 Å². The molecule has 0 aromatic carbocycles. The lowest BCUT2D eigenvalue weighted by molar-refractivity contribution is -0.129. The minimum atomic E-state index is -0.369. The zero-order valence-corrected chi connectivity index (χ0v) is 27.6. The molecule has 0 heterocycles. The highest BCUT2D eigenvalue weighted by Gasteiger charge is 2.19. The van der Waals surface area contributed by atoms with Gasteiger partial charge in [-0.15, -0.1) is 0 Å². The van der Waals surface area contributed by atoms with E-state index in [-0.39, 0.29) is 17.9 Å². The van der Waals surface area contributed by atoms with E-state index in [0.29, 0.717) is 13.0 Å². The molecule has 238 valence electrons. The van der Waals surface area contributed by atoms with Crippen molar-refractivity contribution >= 4 is 11.8 Å². The third-order valence-electron chi connectivity index (χ3n) is 8.36. The van der Waals surface area contributed by atoms with Gasteiger partial charge >= 0.3 is 0 Å². The van der Waals surface area contributed by atoms with Crippen LogP contribution in [0.5, 0.6) is 0 Å². The molecule has 0 fully saturated rings. The third kappa shape index (κ3) is 28.5. The monoisotopic (exact) mass is 565 g/mol. The molecule has 0 aromatic rings. The summed E-state index contributed by atoms with van der Waals surface area (Å²) in [6, 6.07) is -0.369. The summed E-state index contributed by atoms with van der Waals surface area (Å²) < 4.78 is 0. The van der Waals surface area contributed by atoms with E-state index in [9.17, 15) is 9.59 Å². The van der Waals surface area contributed by atoms with Crippen LogP contribution in [0.15, 0.2) is 0 Å². The van der Waals surface area contributed by atoms with Crippen LogP contribution < -0.4 is 10.6 Å². The molecule has 0 radical (unpaired) electrons. The van der Waals surface area contributed by atoms with E-state index < -0.39 is 0 Å². The van der Waals surface area contributed by atoms with Gasteiger partial charge in [0.25, 0.3) is 0 Å². The van der Waals surface area contributed by atoms with E-state index in [1.54, 1.807) is 0 Å². The lowest BCUT2D eigenvalue weighted by Crippen LogP contribution is -2.46. The molecule has 1 atom stereocenters. The molecule has 0 saturated carbocycles. The van der Waals surface area contributed by atoms with Crippen LogP contribution in [0.4, 0.5) is 0 Å². The first-order valence-corrected chi connectivity index (χ1v) is 18.2. The summed E-state index contributed by atoms with van der Waals surface area (Å²) >= 11 is 0. The van der Waals surface area contributed by atoms with E-state index in [2.05, 4.69) is 24.5 Å². The van der Waals surface area contributed by atoms with Gasteiger partial charge in [-0.1, -0.05) is 181 Å². The van der Waals surface area contributed by atoms with Crippen LogP contribution in [0.2, 0.25) is 0 Å². The molecule has 0 aliphatic heterocycles. The fourth-order valence-corrected chi connectivity index (χ4v) is 5.68. The first kappa shape index (κ1) is 38.9. The van der Waals surface area contributed by atoms with Crippen molar-refractivity contribution in [3.63, 3.8) is 0 Å². The van der Waals surface area contributed by atoms with Gasteiger partial charge in [0.1, 0.15) is 6.04 Å². The summed E-state index contributed by atoms with van der Waals surface area (Å²) in [5, 5.41) is 5.95. The molecule has 0 aromatic heterocycles. The van der Waals surface area contributed by atoms with Crippen LogP contribution in [-0.2, 0) is 9.59 Å². The summed E-state index contributed by atoms with van der Waals surface area (Å²) in [7, 11) is 0. The van der Waals surface area contributed by atoms with Crippen molar-refractivity contribution in [2.75, 3.05) is 6.54 Å². The van der Waals surface area contributed by atoms with E-state index in [0.717, 1.165) is 32.1 Å². The summed E-state index contributed by atoms with van der Waals surface area (Å²) in [5.74, 6) is 0.0283. The molecule has 40 heavy (non-hydrogen) atoms. The zero-order chi connectivity index (χ0) is 29.4. The average Bonchev–Trinajstić information content (AvgIpc) is 2.95. The van der Waals surface area contributed by atoms with Crippen molar-refractivity contribution < 1.29 is 9.59 Å². The molecule has 4 heteroatoms. The Hall–Kier alpha value is -1.06. The number of hydrogen-bond acceptors (Lipinski definition) is 2. The highest BCUT2D eigenvalue weighted by molar-refractivity contribution is 5.87. The Morgan fingerprint density at radius 1 is 0.450 bits per heavy atom. The number of carbonyl (C=O) groups is 2. The van der Waals surface area contributed by atoms with E-state index >= 15 is 0 Å². The van der Waals surface area contributed by atoms with Gasteiger partial charge < -0.3 is 10.6 Å². The zero-order valence-electron chi connectivity index (χ0n) is 27.6. The van der Waals surface area contributed by atoms with E-state index in [1.165, 1.54) is 148 Å². The van der Waals surface area contributed by atoms with Crippen molar-refractivity contribution in [1.29, 1.82) is 0 Å². The van der Waals surface area contributed by atoms with Crippen LogP contribution >= 0.6 is 0 Å². The van der Waals surface area contributed by atoms with Crippen molar-refractivity contribution in [1.82, 2.24) is 10.6 Å². The van der Waals surface area contributed by atoms with Crippen molar-refractivity contribution in [3.05, 3.63) is 0 Å². The van der Waals surface area contributed by atoms with Crippen LogP contribution in [0.1, 0.15) is 207 Å². The predicted molar refractivity (Wildman–Crippen MR) is 176 cm³/mol. The fourth-order valence-electron chi connectivity index (χ4n) is 5.68. The molecule has 0 spiro atoms. The number of nitrogens with one attached hydrogen (secondary N) is 2. The molecule has 0 saturated heterocycles. The summed E-state index contributed by atoms with van der Waals surface area (Å²) in [6.07, 6.45) is 36.9. The van der Waals surface area contributed by atoms with Crippen LogP contribution in [0.25, 0.3) is 0 Å². The van der Waals surface area contributed by atoms with Gasteiger partial charge in [0.2, 0.25) is 11.8 Å². The van der Waals surface area contributed by atoms with Gasteiger partial charge in [0.05, 0.1) is 0 Å². The average molecular weight is 565 g/mol. The molecule has 0 bridgehead atoms. The molecule has 1 unspecified atom stereocenters. The first-order valence-electron chi connectivity index (χ1n) is 18.2. The SMILES string of the molecule is CCCCCCCCCCCCCCCCC(NC(=O)CCCCCCCCCCCCCCC)C(=O)NCC. The Morgan fingerprint density at radius 2 is 0.775 bits per heavy atom. The van der Waals surface area contributed by atoms with Crippen LogP contribution in [0, 0.1) is 0 Å². The predicted octanol–water partition coefficient (Wildman–Crippen LogP) is 11.0. The third-order valence-corrected chi connectivity index (χ3v) is 8.36. The fraction of sp³-hybridized carbons (Fsp3) is 0.944. The molecule has 2 N–H and O–H groups in total. The number of carbonyl (C=O) groups excluding carboxylic acids is 2. The maximum Gasteiger partial charge on any atom is 0.242 e. The molecular weight excluding hydrogens is 492 g/mol. The Labute approximate surface area is 251 Å². The van der Waals surface area contributed by atoms with Gasteiger partial charge in [0, 0.05) is 13.0 Å². The summed E-state index contributed by atoms with van der Waals surface area (Å²) in [6.45, 7) is 7.11. The highest BCUT2D eigenvalue weighted by Crippen LogP contribution is 2.15. The lowest BCUT2D eigenvalue weighted by atomic mass is 10.0. The topological polar surface area (TPSA) is 58.2 Å². The van der Waals surface area contributed by atoms with Gasteiger partial charge in [-0.2, -0.15) is 0 Å². The summed E-state index contributed by atoms with van der Waals surface area (Å²) in [5.41, 5.74) is 0. The Bertz CT molecular complexity index is 537. The molecule has 2 amide bonds. The first-order chi connectivity index (χ1) is 19.7. The highest BCUT2D eigenvalue weighted by atomic mass is 16.2. The molecule has 0 rings (SSSR count). The number of unbranched alkanes of at least 4 members (excludes halogenated alkanes) is 25. The number of likely N-dealkylation sites (N-methyl/N-ethyl adjacent to an activating group) is 1. The number of amides is 2. The lowest BCUT2D eigenvalue weighted by Gasteiger charge is -2.18. The maximum atomic E-state index is 12.5. The normalized spacial score (nSPS) is 12.0. The van der Waals surface area contributed by atoms with Crippen molar-refractivity contribution in [3.8, 4) is 0 Å². The maximum absolute atomic E-state index is 12.5. The van der Waals surface area contributed by atoms with Gasteiger partial charge in [-0.25, -0.2) is 0 Å². The standard InChI is InChI=1S/C36H72N2O2/c1-4-7-9-11-13-15-17-19-21-22-24-26-28-30-32-34(36(40)37-6-3)38-35(39)33-31-29-27-25-23-20-18-16-14-12-10-8-5-2/h34H,4-33H2,1-3H3,(H,37,40)(H,38,39). The minimum Gasteiger partial charge on any atom is -0.355 e. The number of rotatable bonds is 32. The van der Waals surface area contributed by atoms with Gasteiger partial charge in [-0.05, 0) is 19.8 Å². The summed E-state index contributed by atoms with van der Waals surface area (Å²) in [4.78, 5) is 25.0. The van der Waals surface area contributed by atoms with Gasteiger partial charge in [-0.3, -0.25) is 9.59 Å². The second-order valence-corrected chi connectivity index (χ2v) is 12.4. The quantitative estimate of drug-likeness (QED) is 0.0798. The minimum absolute atomic E-state index is 0.0177. The second-order valence-electron chi connectivity index (χ2n) is 12.4. The Morgan fingerprint density at radius 3 is 1.12 bits per heavy atom. The molecule has 4 nitrogen and oxygen atoms in total. The van der Waals surface area contributed by atoms with Gasteiger partial charge in [0.15, 0.2) is 0 Å². The molecule has 0 aliphatic rings. The Kier molecular flexibility index (Phi) is 31.6. The largest absolute Gasteiger partial charge is 0.355 e. The van der Waals surface area contributed by atoms with E-state index in [4.69, 9.17) is 0 Å². The molecule has 0 aliphatic carbocycles. The van der Waals surface area contributed by atoms with E-state index in [1.807, 2.05) is 6.92 Å². The molecular formula is C36H72N2O2.